The first kappa shape index (κ1) is 10.7. The molecule has 0 heterocycles. The van der Waals surface area contributed by atoms with Crippen LogP contribution in [-0.4, -0.2) is 17.7 Å². The van der Waals surface area contributed by atoms with E-state index in [0.717, 1.165) is 5.56 Å². The second-order valence-corrected chi connectivity index (χ2v) is 4.49. The highest BCUT2D eigenvalue weighted by Crippen LogP contribution is 2.22. The van der Waals surface area contributed by atoms with Gasteiger partial charge >= 0.3 is 0 Å². The molecule has 0 spiro atoms. The average molecular weight is 205 g/mol. The minimum absolute atomic E-state index is 0.370. The molecular formula is C13H19NO. The van der Waals surface area contributed by atoms with Crippen molar-refractivity contribution < 1.29 is 5.11 Å². The molecule has 1 aromatic rings. The standard InChI is InChI=1S/C13H19NO/c1-9-4-3-5-12(10(9)2)13(15)8-14-11-6-7-11/h3-5,11,13-15H,6-8H2,1-2H3. The van der Waals surface area contributed by atoms with Crippen LogP contribution in [-0.2, 0) is 0 Å². The van der Waals surface area contributed by atoms with Gasteiger partial charge in [0.2, 0.25) is 0 Å². The largest absolute Gasteiger partial charge is 0.387 e. The second kappa shape index (κ2) is 4.33. The van der Waals surface area contributed by atoms with E-state index in [1.54, 1.807) is 0 Å². The molecule has 1 aliphatic rings. The Bertz CT molecular complexity index is 344. The zero-order valence-electron chi connectivity index (χ0n) is 9.46. The Kier molecular flexibility index (Phi) is 3.08. The number of aliphatic hydroxyl groups excluding tert-OH is 1. The van der Waals surface area contributed by atoms with Gasteiger partial charge < -0.3 is 10.4 Å². The number of hydrogen-bond donors (Lipinski definition) is 2. The van der Waals surface area contributed by atoms with Gasteiger partial charge in [0, 0.05) is 12.6 Å². The van der Waals surface area contributed by atoms with Crippen molar-refractivity contribution in [2.75, 3.05) is 6.54 Å². The highest BCUT2D eigenvalue weighted by atomic mass is 16.3. The molecule has 0 bridgehead atoms. The van der Waals surface area contributed by atoms with Crippen molar-refractivity contribution in [3.8, 4) is 0 Å². The van der Waals surface area contributed by atoms with E-state index >= 15 is 0 Å². The maximum atomic E-state index is 10.0. The highest BCUT2D eigenvalue weighted by molar-refractivity contribution is 5.34. The van der Waals surface area contributed by atoms with E-state index < -0.39 is 0 Å². The molecule has 1 aromatic carbocycles. The van der Waals surface area contributed by atoms with Gasteiger partial charge in [0.25, 0.3) is 0 Å². The summed E-state index contributed by atoms with van der Waals surface area (Å²) in [4.78, 5) is 0. The Morgan fingerprint density at radius 2 is 2.13 bits per heavy atom. The summed E-state index contributed by atoms with van der Waals surface area (Å²) in [5.41, 5.74) is 3.52. The molecule has 0 radical (unpaired) electrons. The minimum atomic E-state index is -0.370. The molecule has 0 aromatic heterocycles. The molecule has 1 aliphatic carbocycles. The van der Waals surface area contributed by atoms with Crippen LogP contribution >= 0.6 is 0 Å². The monoisotopic (exact) mass is 205 g/mol. The summed E-state index contributed by atoms with van der Waals surface area (Å²) in [6, 6.07) is 6.77. The topological polar surface area (TPSA) is 32.3 Å². The smallest absolute Gasteiger partial charge is 0.0917 e. The molecule has 82 valence electrons. The first-order valence-corrected chi connectivity index (χ1v) is 5.66. The van der Waals surface area contributed by atoms with Crippen LogP contribution in [0.4, 0.5) is 0 Å². The molecule has 1 unspecified atom stereocenters. The van der Waals surface area contributed by atoms with Gasteiger partial charge in [-0.25, -0.2) is 0 Å². The van der Waals surface area contributed by atoms with Crippen LogP contribution in [0.2, 0.25) is 0 Å². The van der Waals surface area contributed by atoms with Crippen LogP contribution in [0.1, 0.15) is 35.6 Å². The predicted octanol–water partition coefficient (Wildman–Crippen LogP) is 2.09. The SMILES string of the molecule is Cc1cccc(C(O)CNC2CC2)c1C. The number of nitrogens with one attached hydrogen (secondary N) is 1. The van der Waals surface area contributed by atoms with E-state index in [4.69, 9.17) is 0 Å². The third kappa shape index (κ3) is 2.58. The van der Waals surface area contributed by atoms with Crippen molar-refractivity contribution in [1.29, 1.82) is 0 Å². The Labute approximate surface area is 91.3 Å². The van der Waals surface area contributed by atoms with Crippen LogP contribution in [0.25, 0.3) is 0 Å². The normalized spacial score (nSPS) is 17.8. The van der Waals surface area contributed by atoms with E-state index in [0.29, 0.717) is 12.6 Å². The number of benzene rings is 1. The average Bonchev–Trinajstić information content (AvgIpc) is 3.02. The fraction of sp³-hybridized carbons (Fsp3) is 0.538. The van der Waals surface area contributed by atoms with E-state index in [-0.39, 0.29) is 6.10 Å². The van der Waals surface area contributed by atoms with Crippen LogP contribution in [0.15, 0.2) is 18.2 Å². The molecular weight excluding hydrogens is 186 g/mol. The lowest BCUT2D eigenvalue weighted by atomic mass is 9.99. The summed E-state index contributed by atoms with van der Waals surface area (Å²) in [5, 5.41) is 13.4. The van der Waals surface area contributed by atoms with Gasteiger partial charge in [-0.15, -0.1) is 0 Å². The van der Waals surface area contributed by atoms with E-state index in [1.165, 1.54) is 24.0 Å². The van der Waals surface area contributed by atoms with Crippen LogP contribution in [0.5, 0.6) is 0 Å². The van der Waals surface area contributed by atoms with Crippen LogP contribution in [0.3, 0.4) is 0 Å². The first-order chi connectivity index (χ1) is 7.18. The summed E-state index contributed by atoms with van der Waals surface area (Å²) < 4.78 is 0. The highest BCUT2D eigenvalue weighted by Gasteiger charge is 2.22. The predicted molar refractivity (Wildman–Crippen MR) is 61.9 cm³/mol. The summed E-state index contributed by atoms with van der Waals surface area (Å²) in [7, 11) is 0. The Balaban J connectivity index is 2.02. The summed E-state index contributed by atoms with van der Waals surface area (Å²) in [6.07, 6.45) is 2.16. The molecule has 2 N–H and O–H groups in total. The maximum Gasteiger partial charge on any atom is 0.0917 e. The van der Waals surface area contributed by atoms with Crippen molar-refractivity contribution in [3.63, 3.8) is 0 Å². The third-order valence-electron chi connectivity index (χ3n) is 3.18. The summed E-state index contributed by atoms with van der Waals surface area (Å²) in [5.74, 6) is 0. The zero-order chi connectivity index (χ0) is 10.8. The van der Waals surface area contributed by atoms with Gasteiger partial charge in [-0.05, 0) is 43.4 Å². The fourth-order valence-electron chi connectivity index (χ4n) is 1.81. The lowest BCUT2D eigenvalue weighted by Crippen LogP contribution is -2.23. The maximum absolute atomic E-state index is 10.0. The Morgan fingerprint density at radius 1 is 1.40 bits per heavy atom. The van der Waals surface area contributed by atoms with E-state index in [9.17, 15) is 5.11 Å². The van der Waals surface area contributed by atoms with Crippen LogP contribution in [0, 0.1) is 13.8 Å². The molecule has 1 saturated carbocycles. The molecule has 0 saturated heterocycles. The molecule has 15 heavy (non-hydrogen) atoms. The van der Waals surface area contributed by atoms with E-state index in [2.05, 4.69) is 25.2 Å². The second-order valence-electron chi connectivity index (χ2n) is 4.49. The number of hydrogen-bond acceptors (Lipinski definition) is 2. The third-order valence-corrected chi connectivity index (χ3v) is 3.18. The number of aryl methyl sites for hydroxylation is 1. The van der Waals surface area contributed by atoms with Crippen molar-refractivity contribution in [3.05, 3.63) is 34.9 Å². The lowest BCUT2D eigenvalue weighted by Gasteiger charge is -2.15. The van der Waals surface area contributed by atoms with Gasteiger partial charge in [-0.3, -0.25) is 0 Å². The van der Waals surface area contributed by atoms with Crippen molar-refractivity contribution >= 4 is 0 Å². The van der Waals surface area contributed by atoms with Crippen molar-refractivity contribution in [2.24, 2.45) is 0 Å². The molecule has 2 heteroatoms. The van der Waals surface area contributed by atoms with Gasteiger partial charge in [0.05, 0.1) is 6.10 Å². The zero-order valence-corrected chi connectivity index (χ0v) is 9.46. The van der Waals surface area contributed by atoms with Gasteiger partial charge in [-0.1, -0.05) is 18.2 Å². The van der Waals surface area contributed by atoms with Gasteiger partial charge in [-0.2, -0.15) is 0 Å². The Morgan fingerprint density at radius 3 is 2.80 bits per heavy atom. The first-order valence-electron chi connectivity index (χ1n) is 5.66. The molecule has 2 rings (SSSR count). The quantitative estimate of drug-likeness (QED) is 0.789. The molecule has 1 fully saturated rings. The lowest BCUT2D eigenvalue weighted by molar-refractivity contribution is 0.173. The minimum Gasteiger partial charge on any atom is -0.387 e. The van der Waals surface area contributed by atoms with Crippen molar-refractivity contribution in [2.45, 2.75) is 38.8 Å². The molecule has 0 aliphatic heterocycles. The number of rotatable bonds is 4. The van der Waals surface area contributed by atoms with Crippen LogP contribution < -0.4 is 5.32 Å². The van der Waals surface area contributed by atoms with Gasteiger partial charge in [0.1, 0.15) is 0 Å². The van der Waals surface area contributed by atoms with Crippen molar-refractivity contribution in [1.82, 2.24) is 5.32 Å². The summed E-state index contributed by atoms with van der Waals surface area (Å²) >= 11 is 0. The fourth-order valence-corrected chi connectivity index (χ4v) is 1.81. The van der Waals surface area contributed by atoms with Gasteiger partial charge in [0.15, 0.2) is 0 Å². The molecule has 2 nitrogen and oxygen atoms in total. The molecule has 0 amide bonds. The van der Waals surface area contributed by atoms with E-state index in [1.807, 2.05) is 12.1 Å². The molecule has 1 atom stereocenters. The number of aliphatic hydroxyl groups is 1. The Hall–Kier alpha value is -0.860. The summed E-state index contributed by atoms with van der Waals surface area (Å²) in [6.45, 7) is 4.83.